The van der Waals surface area contributed by atoms with Crippen molar-refractivity contribution in [2.24, 2.45) is 28.2 Å². The summed E-state index contributed by atoms with van der Waals surface area (Å²) in [6.07, 6.45) is -9.75. The van der Waals surface area contributed by atoms with E-state index in [1.165, 1.54) is 23.9 Å². The highest BCUT2D eigenvalue weighted by molar-refractivity contribution is 6.20. The van der Waals surface area contributed by atoms with E-state index in [1.54, 1.807) is 84.3 Å². The molecule has 3 aliphatic carbocycles. The van der Waals surface area contributed by atoms with Gasteiger partial charge in [-0.3, -0.25) is 24.0 Å². The zero-order valence-electron chi connectivity index (χ0n) is 63.7. The van der Waals surface area contributed by atoms with Crippen LogP contribution < -0.4 is 52.0 Å². The number of alkyl halides is 2. The number of primary amides is 1. The fourth-order valence-corrected chi connectivity index (χ4v) is 15.3. The minimum atomic E-state index is -1.94. The largest absolute Gasteiger partial charge is 0.479 e. The van der Waals surface area contributed by atoms with Crippen LogP contribution in [0.15, 0.2) is 84.9 Å². The molecule has 0 radical (unpaired) electrons. The van der Waals surface area contributed by atoms with Crippen molar-refractivity contribution in [2.75, 3.05) is 160 Å². The fraction of sp³-hybridized carbons (Fsp3) is 0.551. The molecule has 35 heteroatoms. The molecule has 9 atom stereocenters. The van der Waals surface area contributed by atoms with Crippen LogP contribution in [0.1, 0.15) is 80.9 Å². The number of carbonyl (C=O) groups excluding carboxylic acids is 8. The number of halogens is 2. The van der Waals surface area contributed by atoms with E-state index in [1.807, 2.05) is 24.3 Å². The molecule has 113 heavy (non-hydrogen) atoms. The Morgan fingerprint density at radius 2 is 1.11 bits per heavy atom. The molecule has 9 amide bonds. The van der Waals surface area contributed by atoms with Crippen LogP contribution in [0.5, 0.6) is 11.5 Å². The normalized spacial score (nSPS) is 21.8. The van der Waals surface area contributed by atoms with E-state index < -0.39 is 95.5 Å². The molecule has 11 rings (SSSR count). The Hall–Kier alpha value is -8.81. The smallest absolute Gasteiger partial charge is 0.415 e. The van der Waals surface area contributed by atoms with Crippen molar-refractivity contribution in [1.82, 2.24) is 25.8 Å². The van der Waals surface area contributed by atoms with Crippen molar-refractivity contribution in [3.8, 4) is 11.5 Å². The van der Waals surface area contributed by atoms with E-state index >= 15 is 9.59 Å². The lowest BCUT2D eigenvalue weighted by Gasteiger charge is -2.69. The Balaban J connectivity index is 0.675. The van der Waals surface area contributed by atoms with Gasteiger partial charge in [-0.15, -0.1) is 23.2 Å². The third-order valence-electron chi connectivity index (χ3n) is 20.8. The first kappa shape index (κ1) is 86.6. The summed E-state index contributed by atoms with van der Waals surface area (Å²) < 4.78 is 56.1. The molecule has 2 bridgehead atoms. The number of ether oxygens (including phenoxy) is 10. The molecule has 3 saturated carbocycles. The zero-order valence-corrected chi connectivity index (χ0v) is 65.2. The van der Waals surface area contributed by atoms with Gasteiger partial charge < -0.3 is 120 Å². The number of hydrogen-bond acceptors (Lipinski definition) is 23. The first-order chi connectivity index (χ1) is 54.3. The molecule has 0 spiro atoms. The van der Waals surface area contributed by atoms with Gasteiger partial charge in [-0.25, -0.2) is 19.2 Å². The van der Waals surface area contributed by atoms with Crippen LogP contribution in [-0.4, -0.2) is 271 Å². The number of aliphatic hydroxyl groups is 3. The summed E-state index contributed by atoms with van der Waals surface area (Å²) >= 11 is 13.3. The first-order valence-corrected chi connectivity index (χ1v) is 38.9. The molecule has 3 aliphatic heterocycles. The van der Waals surface area contributed by atoms with E-state index in [0.29, 0.717) is 105 Å². The van der Waals surface area contributed by atoms with Crippen molar-refractivity contribution >= 4 is 116 Å². The van der Waals surface area contributed by atoms with Crippen molar-refractivity contribution in [1.29, 1.82) is 0 Å². The zero-order chi connectivity index (χ0) is 81.1. The lowest BCUT2D eigenvalue weighted by Crippen LogP contribution is -2.73. The number of anilines is 3. The van der Waals surface area contributed by atoms with Crippen LogP contribution in [0.4, 0.5) is 31.4 Å². The molecule has 33 nitrogen and oxygen atoms in total. The number of fused-ring (bicyclic) bond motifs is 6. The van der Waals surface area contributed by atoms with E-state index in [4.69, 9.17) is 82.0 Å². The SMILES string of the molecule is CC(C)[C@H](NC(=O)CCOCCOCCOCCOCCOCCOCCN)C(=O)N[C@@H](CCCNC(N)=O)C(=O)Nc1ccc(COC(=O)N(C)CCN(C)C(=O)Oc2cc3c(c4ccccc24)[C@H](CCl)CN3C(=O)C23CC(C(=O)N4C[C@@H](CCl)c5c4cc(O[C@@H]4O[C@H](C(=O)O)[C@@H](O)[C@H](O)[C@H]4O)c4ccccc54)(C2)C3)cc1. The Morgan fingerprint density at radius 3 is 1.60 bits per heavy atom. The lowest BCUT2D eigenvalue weighted by molar-refractivity contribution is -0.270. The predicted octanol–water partition coefficient (Wildman–Crippen LogP) is 4.63. The second-order valence-electron chi connectivity index (χ2n) is 29.1. The third kappa shape index (κ3) is 21.2. The number of likely N-dealkylation sites (N-methyl/N-ethyl adjacent to an activating group) is 2. The number of amides is 9. The number of carboxylic acid groups (broad SMARTS) is 1. The van der Waals surface area contributed by atoms with Gasteiger partial charge in [-0.2, -0.15) is 0 Å². The third-order valence-corrected chi connectivity index (χ3v) is 21.5. The molecule has 0 aromatic heterocycles. The van der Waals surface area contributed by atoms with Gasteiger partial charge in [0.2, 0.25) is 35.8 Å². The Morgan fingerprint density at radius 1 is 0.619 bits per heavy atom. The van der Waals surface area contributed by atoms with Gasteiger partial charge in [0.15, 0.2) is 6.10 Å². The summed E-state index contributed by atoms with van der Waals surface area (Å²) in [4.78, 5) is 127. The Labute approximate surface area is 663 Å². The number of rotatable bonds is 43. The van der Waals surface area contributed by atoms with E-state index in [0.717, 1.165) is 16.5 Å². The Kier molecular flexibility index (Phi) is 31.0. The predicted molar refractivity (Wildman–Crippen MR) is 414 cm³/mol. The molecule has 1 saturated heterocycles. The van der Waals surface area contributed by atoms with Gasteiger partial charge in [-0.05, 0) is 77.6 Å². The molecule has 4 fully saturated rings. The van der Waals surface area contributed by atoms with Crippen LogP contribution in [0, 0.1) is 16.7 Å². The van der Waals surface area contributed by atoms with Crippen LogP contribution in [-0.2, 0) is 73.3 Å². The average molecular weight is 1620 g/mol. The van der Waals surface area contributed by atoms with E-state index in [2.05, 4.69) is 21.3 Å². The number of hydrogen-bond donors (Lipinski definition) is 10. The number of nitrogens with one attached hydrogen (secondary N) is 4. The van der Waals surface area contributed by atoms with E-state index in [9.17, 15) is 54.0 Å². The second-order valence-corrected chi connectivity index (χ2v) is 29.7. The molecule has 0 unspecified atom stereocenters. The quantitative estimate of drug-likeness (QED) is 0.0188. The lowest BCUT2D eigenvalue weighted by atomic mass is 9.34. The number of urea groups is 1. The standard InChI is InChI=1S/C78H102Cl2N10O23/c1-46(2)63(86-60(91)19-24-104-26-28-106-30-32-108-34-35-109-33-31-107-29-27-105-25-20-81)69(96)85-55(14-9-21-83-74(82)101)68(95)84-50-17-15-47(16-18-50)42-110-75(102)87(3)22-23-88(4)76(103)112-59-37-57-62(54-13-8-6-11-52(54)59)49(39-80)41-90(57)73(100)78-43-77(44-78,45-78)72(99)89-40-48(38-79)61-53-12-7-5-10-51(53)58(36-56(61)89)111-71-66(94)64(92)65(93)67(113-71)70(97)98/h5-8,10-13,15-18,36-37,46,48-49,55,63-67,71,92-94H,9,14,19-35,38-45,81H2,1-4H3,(H,84,95)(H,85,96)(H,86,91)(H,97,98)(H3,82,83,101)/t48-,49-,55+,63+,64+,65+,66-,67+,71-,77?,78?/m1/s1. The summed E-state index contributed by atoms with van der Waals surface area (Å²) in [6, 6.07) is 21.3. The van der Waals surface area contributed by atoms with Gasteiger partial charge in [0, 0.05) is 112 Å². The number of aliphatic hydroxyl groups excluding tert-OH is 3. The molecule has 5 aromatic carbocycles. The van der Waals surface area contributed by atoms with Crippen molar-refractivity contribution < 1.29 is 111 Å². The number of carboxylic acids is 1. The summed E-state index contributed by atoms with van der Waals surface area (Å²) in [5, 5.41) is 54.9. The highest BCUT2D eigenvalue weighted by Crippen LogP contribution is 2.75. The highest BCUT2D eigenvalue weighted by atomic mass is 35.5. The summed E-state index contributed by atoms with van der Waals surface area (Å²) in [7, 11) is 3.02. The van der Waals surface area contributed by atoms with Gasteiger partial charge in [0.1, 0.15) is 48.5 Å². The molecule has 3 heterocycles. The topological polar surface area (TPSA) is 440 Å². The average Bonchev–Trinajstić information content (AvgIpc) is 1.34. The maximum Gasteiger partial charge on any atom is 0.415 e. The minimum absolute atomic E-state index is 0.0156. The fourth-order valence-electron chi connectivity index (χ4n) is 14.8. The maximum absolute atomic E-state index is 15.1. The molecular formula is C78H102Cl2N10O23. The number of carbonyl (C=O) groups is 9. The van der Waals surface area contributed by atoms with Gasteiger partial charge >= 0.3 is 24.2 Å². The summed E-state index contributed by atoms with van der Waals surface area (Å²) in [6.45, 7) is 8.82. The minimum Gasteiger partial charge on any atom is -0.479 e. The van der Waals surface area contributed by atoms with Crippen molar-refractivity contribution in [3.63, 3.8) is 0 Å². The second kappa shape index (κ2) is 40.5. The Bertz CT molecular complexity index is 4150. The summed E-state index contributed by atoms with van der Waals surface area (Å²) in [5.41, 5.74) is 12.3. The molecular weight excluding hydrogens is 1520 g/mol. The number of benzene rings is 5. The molecule has 616 valence electrons. The van der Waals surface area contributed by atoms with Crippen LogP contribution in [0.3, 0.4) is 0 Å². The highest BCUT2D eigenvalue weighted by Gasteiger charge is 2.76. The first-order valence-electron chi connectivity index (χ1n) is 37.8. The van der Waals surface area contributed by atoms with Crippen molar-refractivity contribution in [2.45, 2.75) is 114 Å². The maximum atomic E-state index is 15.1. The van der Waals surface area contributed by atoms with Crippen LogP contribution in [0.2, 0.25) is 0 Å². The van der Waals surface area contributed by atoms with Gasteiger partial charge in [0.05, 0.1) is 101 Å². The molecule has 5 aromatic rings. The number of aliphatic carboxylic acids is 1. The monoisotopic (exact) mass is 1620 g/mol. The van der Waals surface area contributed by atoms with Crippen molar-refractivity contribution in [3.05, 3.63) is 102 Å². The summed E-state index contributed by atoms with van der Waals surface area (Å²) in [5.74, 6) is -4.00. The molecule has 6 aliphatic rings. The number of nitrogens with zero attached hydrogens (tertiary/aromatic N) is 4. The van der Waals surface area contributed by atoms with E-state index in [-0.39, 0.29) is 151 Å². The molecule has 12 N–H and O–H groups in total. The van der Waals surface area contributed by atoms with Crippen LogP contribution in [0.25, 0.3) is 21.5 Å². The van der Waals surface area contributed by atoms with Crippen LogP contribution >= 0.6 is 23.2 Å². The van der Waals surface area contributed by atoms with Gasteiger partial charge in [0.25, 0.3) is 0 Å². The number of nitrogens with two attached hydrogens (primary N) is 2. The van der Waals surface area contributed by atoms with Gasteiger partial charge in [-0.1, -0.05) is 74.5 Å².